The standard InChI is InChI=1S/C12H14N4O4/c1-7(6-20-2)13-12(17)11-9-5-8(16(18)19)3-4-10(9)14-15-11/h3-5,7H,6H2,1-2H3,(H,13,17)(H,14,15)/t7-/m0/s1. The normalized spacial score (nSPS) is 12.3. The van der Waals surface area contributed by atoms with Crippen molar-refractivity contribution in [3.63, 3.8) is 0 Å². The van der Waals surface area contributed by atoms with Gasteiger partial charge in [-0.2, -0.15) is 5.10 Å². The van der Waals surface area contributed by atoms with E-state index in [1.807, 2.05) is 0 Å². The van der Waals surface area contributed by atoms with Gasteiger partial charge < -0.3 is 10.1 Å². The summed E-state index contributed by atoms with van der Waals surface area (Å²) in [5.41, 5.74) is 0.615. The second kappa shape index (κ2) is 5.66. The number of aromatic nitrogens is 2. The number of fused-ring (bicyclic) bond motifs is 1. The molecule has 8 nitrogen and oxygen atoms in total. The summed E-state index contributed by atoms with van der Waals surface area (Å²) in [4.78, 5) is 22.3. The number of benzene rings is 1. The molecule has 0 aliphatic heterocycles. The van der Waals surface area contributed by atoms with Gasteiger partial charge in [-0.25, -0.2) is 0 Å². The third kappa shape index (κ3) is 2.75. The van der Waals surface area contributed by atoms with Gasteiger partial charge in [0, 0.05) is 30.7 Å². The first-order chi connectivity index (χ1) is 9.52. The van der Waals surface area contributed by atoms with Crippen molar-refractivity contribution in [3.8, 4) is 0 Å². The van der Waals surface area contributed by atoms with Gasteiger partial charge in [-0.15, -0.1) is 0 Å². The molecule has 2 N–H and O–H groups in total. The van der Waals surface area contributed by atoms with Crippen molar-refractivity contribution in [1.29, 1.82) is 0 Å². The molecule has 0 saturated carbocycles. The molecule has 0 saturated heterocycles. The number of nitro benzene ring substituents is 1. The highest BCUT2D eigenvalue weighted by atomic mass is 16.6. The van der Waals surface area contributed by atoms with Crippen LogP contribution >= 0.6 is 0 Å². The Labute approximate surface area is 114 Å². The third-order valence-corrected chi connectivity index (χ3v) is 2.77. The average molecular weight is 278 g/mol. The highest BCUT2D eigenvalue weighted by Crippen LogP contribution is 2.22. The van der Waals surface area contributed by atoms with E-state index in [4.69, 9.17) is 4.74 Å². The number of nitro groups is 1. The minimum absolute atomic E-state index is 0.0853. The zero-order chi connectivity index (χ0) is 14.7. The fraction of sp³-hybridized carbons (Fsp3) is 0.333. The number of H-pyrrole nitrogens is 1. The van der Waals surface area contributed by atoms with E-state index >= 15 is 0 Å². The topological polar surface area (TPSA) is 110 Å². The number of rotatable bonds is 5. The molecule has 106 valence electrons. The first-order valence-corrected chi connectivity index (χ1v) is 5.95. The minimum atomic E-state index is -0.512. The number of aromatic amines is 1. The van der Waals surface area contributed by atoms with Crippen LogP contribution < -0.4 is 5.32 Å². The molecular formula is C12H14N4O4. The summed E-state index contributed by atoms with van der Waals surface area (Å²) in [6, 6.07) is 4.03. The van der Waals surface area contributed by atoms with E-state index in [-0.39, 0.29) is 17.4 Å². The van der Waals surface area contributed by atoms with Crippen molar-refractivity contribution < 1.29 is 14.5 Å². The van der Waals surface area contributed by atoms with Crippen LogP contribution in [0.4, 0.5) is 5.69 Å². The van der Waals surface area contributed by atoms with Crippen molar-refractivity contribution >= 4 is 22.5 Å². The van der Waals surface area contributed by atoms with Gasteiger partial charge >= 0.3 is 0 Å². The first kappa shape index (κ1) is 13.9. The summed E-state index contributed by atoms with van der Waals surface area (Å²) >= 11 is 0. The number of amides is 1. The Balaban J connectivity index is 2.32. The lowest BCUT2D eigenvalue weighted by Crippen LogP contribution is -2.35. The molecule has 0 fully saturated rings. The molecule has 0 aliphatic carbocycles. The molecule has 20 heavy (non-hydrogen) atoms. The van der Waals surface area contributed by atoms with Gasteiger partial charge in [0.05, 0.1) is 17.0 Å². The number of nitrogens with one attached hydrogen (secondary N) is 2. The second-order valence-corrected chi connectivity index (χ2v) is 4.39. The number of carbonyl (C=O) groups is 1. The number of ether oxygens (including phenoxy) is 1. The van der Waals surface area contributed by atoms with E-state index in [2.05, 4.69) is 15.5 Å². The van der Waals surface area contributed by atoms with Gasteiger partial charge in [0.1, 0.15) is 0 Å². The van der Waals surface area contributed by atoms with Crippen LogP contribution in [0.15, 0.2) is 18.2 Å². The summed E-state index contributed by atoms with van der Waals surface area (Å²) in [7, 11) is 1.54. The van der Waals surface area contributed by atoms with E-state index in [9.17, 15) is 14.9 Å². The smallest absolute Gasteiger partial charge is 0.272 e. The lowest BCUT2D eigenvalue weighted by molar-refractivity contribution is -0.384. The van der Waals surface area contributed by atoms with Gasteiger partial charge in [0.25, 0.3) is 11.6 Å². The molecule has 0 unspecified atom stereocenters. The molecule has 1 heterocycles. The van der Waals surface area contributed by atoms with Gasteiger partial charge in [0.2, 0.25) is 0 Å². The maximum absolute atomic E-state index is 12.1. The van der Waals surface area contributed by atoms with Crippen LogP contribution in [0.25, 0.3) is 10.9 Å². The molecule has 1 amide bonds. The molecule has 1 aromatic heterocycles. The predicted molar refractivity (Wildman–Crippen MR) is 71.6 cm³/mol. The van der Waals surface area contributed by atoms with Crippen molar-refractivity contribution in [3.05, 3.63) is 34.0 Å². The average Bonchev–Trinajstić information content (AvgIpc) is 2.81. The van der Waals surface area contributed by atoms with Gasteiger partial charge in [-0.3, -0.25) is 20.0 Å². The molecule has 2 aromatic rings. The van der Waals surface area contributed by atoms with Crippen molar-refractivity contribution in [1.82, 2.24) is 15.5 Å². The van der Waals surface area contributed by atoms with E-state index in [1.54, 1.807) is 6.92 Å². The maximum Gasteiger partial charge on any atom is 0.272 e. The summed E-state index contributed by atoms with van der Waals surface area (Å²) in [5, 5.41) is 20.5. The molecule has 0 aliphatic rings. The van der Waals surface area contributed by atoms with Crippen LogP contribution in [0.2, 0.25) is 0 Å². The van der Waals surface area contributed by atoms with Crippen LogP contribution in [-0.4, -0.2) is 40.8 Å². The number of non-ortho nitro benzene ring substituents is 1. The Morgan fingerprint density at radius 1 is 1.60 bits per heavy atom. The molecule has 2 rings (SSSR count). The summed E-state index contributed by atoms with van der Waals surface area (Å²) in [5.74, 6) is -0.402. The Morgan fingerprint density at radius 3 is 3.00 bits per heavy atom. The van der Waals surface area contributed by atoms with Crippen molar-refractivity contribution in [2.24, 2.45) is 0 Å². The third-order valence-electron chi connectivity index (χ3n) is 2.77. The predicted octanol–water partition coefficient (Wildman–Crippen LogP) is 1.24. The largest absolute Gasteiger partial charge is 0.383 e. The number of hydrogen-bond donors (Lipinski definition) is 2. The summed E-state index contributed by atoms with van der Waals surface area (Å²) < 4.78 is 4.93. The van der Waals surface area contributed by atoms with Gasteiger partial charge in [-0.05, 0) is 13.0 Å². The fourth-order valence-corrected chi connectivity index (χ4v) is 1.87. The van der Waals surface area contributed by atoms with E-state index in [0.29, 0.717) is 17.5 Å². The lowest BCUT2D eigenvalue weighted by Gasteiger charge is -2.11. The highest BCUT2D eigenvalue weighted by molar-refractivity contribution is 6.05. The molecule has 0 radical (unpaired) electrons. The fourth-order valence-electron chi connectivity index (χ4n) is 1.87. The Kier molecular flexibility index (Phi) is 3.94. The van der Waals surface area contributed by atoms with Gasteiger partial charge in [-0.1, -0.05) is 0 Å². The van der Waals surface area contributed by atoms with Crippen LogP contribution in [0.3, 0.4) is 0 Å². The summed E-state index contributed by atoms with van der Waals surface area (Å²) in [6.45, 7) is 2.16. The van der Waals surface area contributed by atoms with Gasteiger partial charge in [0.15, 0.2) is 5.69 Å². The van der Waals surface area contributed by atoms with E-state index < -0.39 is 10.8 Å². The Morgan fingerprint density at radius 2 is 2.35 bits per heavy atom. The van der Waals surface area contributed by atoms with Crippen molar-refractivity contribution in [2.75, 3.05) is 13.7 Å². The molecular weight excluding hydrogens is 264 g/mol. The molecule has 0 spiro atoms. The molecule has 1 atom stereocenters. The lowest BCUT2D eigenvalue weighted by atomic mass is 10.2. The zero-order valence-electron chi connectivity index (χ0n) is 11.0. The van der Waals surface area contributed by atoms with Crippen LogP contribution in [0.1, 0.15) is 17.4 Å². The second-order valence-electron chi connectivity index (χ2n) is 4.39. The summed E-state index contributed by atoms with van der Waals surface area (Å²) in [6.07, 6.45) is 0. The number of nitrogens with zero attached hydrogens (tertiary/aromatic N) is 2. The van der Waals surface area contributed by atoms with Crippen LogP contribution in [0.5, 0.6) is 0 Å². The van der Waals surface area contributed by atoms with E-state index in [1.165, 1.54) is 25.3 Å². The van der Waals surface area contributed by atoms with Crippen molar-refractivity contribution in [2.45, 2.75) is 13.0 Å². The van der Waals surface area contributed by atoms with Crippen LogP contribution in [-0.2, 0) is 4.74 Å². The Bertz CT molecular complexity index is 652. The molecule has 1 aromatic carbocycles. The quantitative estimate of drug-likeness (QED) is 0.631. The zero-order valence-corrected chi connectivity index (χ0v) is 11.0. The van der Waals surface area contributed by atoms with Crippen LogP contribution in [0, 0.1) is 10.1 Å². The monoisotopic (exact) mass is 278 g/mol. The minimum Gasteiger partial charge on any atom is -0.383 e. The number of hydrogen-bond acceptors (Lipinski definition) is 5. The highest BCUT2D eigenvalue weighted by Gasteiger charge is 2.18. The number of methoxy groups -OCH3 is 1. The Hall–Kier alpha value is -2.48. The SMILES string of the molecule is COC[C@H](C)NC(=O)c1n[nH]c2ccc([N+](=O)[O-])cc12. The maximum atomic E-state index is 12.1. The molecule has 0 bridgehead atoms. The van der Waals surface area contributed by atoms with E-state index in [0.717, 1.165) is 0 Å². The number of carbonyl (C=O) groups excluding carboxylic acids is 1. The molecule has 8 heteroatoms. The first-order valence-electron chi connectivity index (χ1n) is 5.95.